The van der Waals surface area contributed by atoms with E-state index in [4.69, 9.17) is 22.9 Å². The maximum atomic E-state index is 13.6. The van der Waals surface area contributed by atoms with E-state index in [-0.39, 0.29) is 49.9 Å². The molecule has 64 heavy (non-hydrogen) atoms. The van der Waals surface area contributed by atoms with Gasteiger partial charge in [0.2, 0.25) is 47.3 Å². The van der Waals surface area contributed by atoms with Crippen LogP contribution in [0.2, 0.25) is 0 Å². The summed E-state index contributed by atoms with van der Waals surface area (Å²) in [7, 11) is 0. The Labute approximate surface area is 368 Å². The molecule has 1 rings (SSSR count). The molecule has 0 spiro atoms. The molecule has 1 aromatic rings. The number of primary amides is 1. The first-order valence-electron chi connectivity index (χ1n) is 20.1. The zero-order valence-electron chi connectivity index (χ0n) is 35.7. The van der Waals surface area contributed by atoms with E-state index in [2.05, 4.69) is 42.2 Å². The lowest BCUT2D eigenvalue weighted by Crippen LogP contribution is -2.62. The average Bonchev–Trinajstić information content (AvgIpc) is 3.22. The van der Waals surface area contributed by atoms with Crippen LogP contribution >= 0.6 is 0 Å². The number of aliphatic carboxylic acids is 1. The van der Waals surface area contributed by atoms with Gasteiger partial charge in [0.25, 0.3) is 0 Å². The highest BCUT2D eigenvalue weighted by Crippen LogP contribution is 2.11. The van der Waals surface area contributed by atoms with Crippen LogP contribution in [-0.2, 0) is 49.6 Å². The molecule has 0 fully saturated rings. The SMILES string of the molecule is CC(C)C[C@H](NC(=O)[C@H](CCC(N)=O)NC(=O)[C@H](CO)NC(=O)[C@@H](NC(=O)[C@H](CO)NC(=O)[C@@H](N)Cc1ccc(O)cc1)[C@@H](C)O)C(=O)NCC(=O)N[C@@H](CCCN=C(N)N)C(=O)O. The number of amides is 8. The first kappa shape index (κ1) is 55.4. The number of carboxylic acid groups (broad SMARTS) is 1. The number of aliphatic hydroxyl groups is 3. The van der Waals surface area contributed by atoms with E-state index in [1.54, 1.807) is 13.8 Å². The minimum absolute atomic E-state index is 0.00652. The van der Waals surface area contributed by atoms with Crippen molar-refractivity contribution in [3.63, 3.8) is 0 Å². The number of carboxylic acids is 1. The van der Waals surface area contributed by atoms with Gasteiger partial charge in [0.05, 0.1) is 31.9 Å². The third kappa shape index (κ3) is 21.0. The zero-order chi connectivity index (χ0) is 48.7. The van der Waals surface area contributed by atoms with Crippen LogP contribution in [-0.4, -0.2) is 159 Å². The number of guanidine groups is 1. The molecule has 8 amide bonds. The van der Waals surface area contributed by atoms with E-state index in [1.807, 2.05) is 0 Å². The number of phenolic OH excluding ortho intramolecular Hbond substituents is 1. The molecule has 0 aromatic heterocycles. The topological polar surface area (TPSA) is 455 Å². The van der Waals surface area contributed by atoms with Crippen LogP contribution in [0.3, 0.4) is 0 Å². The fraction of sp³-hybridized carbons (Fsp3) is 0.579. The van der Waals surface area contributed by atoms with Gasteiger partial charge in [0, 0.05) is 13.0 Å². The highest BCUT2D eigenvalue weighted by molar-refractivity contribution is 5.97. The molecule has 0 aliphatic heterocycles. The molecular weight excluding hydrogens is 848 g/mol. The molecule has 0 bridgehead atoms. The van der Waals surface area contributed by atoms with Crippen molar-refractivity contribution in [2.24, 2.45) is 33.8 Å². The van der Waals surface area contributed by atoms with Crippen LogP contribution in [0, 0.1) is 5.92 Å². The lowest BCUT2D eigenvalue weighted by atomic mass is 10.0. The molecule has 0 heterocycles. The number of nitrogens with two attached hydrogens (primary N) is 4. The highest BCUT2D eigenvalue weighted by Gasteiger charge is 2.35. The molecule has 26 heteroatoms. The Balaban J connectivity index is 3.05. The molecule has 0 aliphatic carbocycles. The highest BCUT2D eigenvalue weighted by atomic mass is 16.4. The number of rotatable bonds is 29. The number of aliphatic hydroxyl groups excluding tert-OH is 3. The summed E-state index contributed by atoms with van der Waals surface area (Å²) in [6.45, 7) is 1.84. The molecule has 1 aromatic carbocycles. The summed E-state index contributed by atoms with van der Waals surface area (Å²) in [4.78, 5) is 119. The van der Waals surface area contributed by atoms with Gasteiger partial charge in [0.15, 0.2) is 5.96 Å². The largest absolute Gasteiger partial charge is 0.508 e. The monoisotopic (exact) mass is 910 g/mol. The second-order valence-corrected chi connectivity index (χ2v) is 15.1. The Morgan fingerprint density at radius 3 is 1.72 bits per heavy atom. The predicted octanol–water partition coefficient (Wildman–Crippen LogP) is -6.90. The molecule has 26 nitrogen and oxygen atoms in total. The van der Waals surface area contributed by atoms with Crippen LogP contribution in [0.15, 0.2) is 29.3 Å². The van der Waals surface area contributed by atoms with Gasteiger partial charge < -0.3 is 85.7 Å². The van der Waals surface area contributed by atoms with E-state index in [1.165, 1.54) is 24.3 Å². The average molecular weight is 911 g/mol. The number of nitrogens with zero attached hydrogens (tertiary/aromatic N) is 1. The molecule has 0 saturated carbocycles. The van der Waals surface area contributed by atoms with Crippen molar-refractivity contribution < 1.29 is 68.7 Å². The quantitative estimate of drug-likeness (QED) is 0.0202. The smallest absolute Gasteiger partial charge is 0.326 e. The summed E-state index contributed by atoms with van der Waals surface area (Å²) in [6.07, 6.45) is -2.42. The summed E-state index contributed by atoms with van der Waals surface area (Å²) in [5.74, 6) is -9.91. The summed E-state index contributed by atoms with van der Waals surface area (Å²) in [5.41, 5.74) is 22.3. The van der Waals surface area contributed by atoms with Crippen molar-refractivity contribution in [3.05, 3.63) is 29.8 Å². The Morgan fingerprint density at radius 2 is 1.20 bits per heavy atom. The molecule has 0 saturated heterocycles. The third-order valence-electron chi connectivity index (χ3n) is 9.08. The molecule has 0 aliphatic rings. The first-order chi connectivity index (χ1) is 30.0. The summed E-state index contributed by atoms with van der Waals surface area (Å²) < 4.78 is 0. The number of nitrogens with one attached hydrogen (secondary N) is 7. The van der Waals surface area contributed by atoms with Crippen LogP contribution in [0.1, 0.15) is 58.4 Å². The van der Waals surface area contributed by atoms with Gasteiger partial charge in [-0.05, 0) is 62.6 Å². The summed E-state index contributed by atoms with van der Waals surface area (Å²) in [5, 5.41) is 65.0. The van der Waals surface area contributed by atoms with Crippen LogP contribution < -0.4 is 60.2 Å². The van der Waals surface area contributed by atoms with E-state index >= 15 is 0 Å². The molecular formula is C38H62N12O14. The number of phenols is 1. The third-order valence-corrected chi connectivity index (χ3v) is 9.08. The van der Waals surface area contributed by atoms with Gasteiger partial charge >= 0.3 is 5.97 Å². The van der Waals surface area contributed by atoms with Crippen molar-refractivity contribution in [2.45, 2.75) is 108 Å². The molecule has 358 valence electrons. The molecule has 0 radical (unpaired) electrons. The number of aliphatic imine (C=N–C) groups is 1. The predicted molar refractivity (Wildman–Crippen MR) is 226 cm³/mol. The fourth-order valence-electron chi connectivity index (χ4n) is 5.67. The second kappa shape index (κ2) is 28.1. The van der Waals surface area contributed by atoms with E-state index < -0.39 is 134 Å². The number of hydrogen-bond acceptors (Lipinski definition) is 15. The van der Waals surface area contributed by atoms with Gasteiger partial charge in [-0.1, -0.05) is 26.0 Å². The standard InChI is InChI=1S/C38H62N12O14/c1-18(2)13-25(32(58)44-15-29(56)45-24(37(63)64)5-4-12-43-38(41)42)47-33(59)23(10-11-28(40)55)46-34(60)26(16-51)49-36(62)30(19(3)53)50-35(61)27(17-52)48-31(57)22(39)14-20-6-8-21(54)9-7-20/h6-9,18-19,22-27,30,51-54H,4-5,10-17,39H2,1-3H3,(H2,40,55)(H,44,58)(H,45,56)(H,46,60)(H,47,59)(H,48,57)(H,49,62)(H,50,61)(H,63,64)(H4,41,42,43)/t19-,22+,23+,24+,25+,26+,27+,30+/m1/s1. The second-order valence-electron chi connectivity index (χ2n) is 15.1. The Kier molecular flexibility index (Phi) is 24.3. The van der Waals surface area contributed by atoms with Crippen molar-refractivity contribution in [3.8, 4) is 5.75 Å². The summed E-state index contributed by atoms with van der Waals surface area (Å²) in [6, 6.07) is -5.08. The van der Waals surface area contributed by atoms with Crippen molar-refractivity contribution in [1.29, 1.82) is 0 Å². The Morgan fingerprint density at radius 1 is 0.672 bits per heavy atom. The van der Waals surface area contributed by atoms with Gasteiger partial charge in [-0.15, -0.1) is 0 Å². The summed E-state index contributed by atoms with van der Waals surface area (Å²) >= 11 is 0. The minimum atomic E-state index is -1.85. The van der Waals surface area contributed by atoms with Gasteiger partial charge in [-0.3, -0.25) is 43.3 Å². The van der Waals surface area contributed by atoms with Crippen molar-refractivity contribution >= 4 is 59.2 Å². The number of hydrogen-bond donors (Lipinski definition) is 16. The number of carbonyl (C=O) groups excluding carboxylic acids is 8. The lowest BCUT2D eigenvalue weighted by Gasteiger charge is -2.27. The van der Waals surface area contributed by atoms with E-state index in [0.29, 0.717) is 5.56 Å². The van der Waals surface area contributed by atoms with Gasteiger partial charge in [0.1, 0.15) is 42.0 Å². The van der Waals surface area contributed by atoms with Crippen molar-refractivity contribution in [2.75, 3.05) is 26.3 Å². The molecule has 0 unspecified atom stereocenters. The van der Waals surface area contributed by atoms with Gasteiger partial charge in [-0.2, -0.15) is 0 Å². The lowest BCUT2D eigenvalue weighted by molar-refractivity contribution is -0.142. The van der Waals surface area contributed by atoms with Crippen molar-refractivity contribution in [1.82, 2.24) is 37.2 Å². The van der Waals surface area contributed by atoms with Crippen LogP contribution in [0.5, 0.6) is 5.75 Å². The van der Waals surface area contributed by atoms with Crippen LogP contribution in [0.4, 0.5) is 0 Å². The van der Waals surface area contributed by atoms with E-state index in [0.717, 1.165) is 6.92 Å². The normalized spacial score (nSPS) is 14.7. The van der Waals surface area contributed by atoms with Crippen LogP contribution in [0.25, 0.3) is 0 Å². The maximum absolute atomic E-state index is 13.6. The number of aromatic hydroxyl groups is 1. The zero-order valence-corrected chi connectivity index (χ0v) is 35.7. The number of carbonyl (C=O) groups is 9. The maximum Gasteiger partial charge on any atom is 0.326 e. The molecule has 8 atom stereocenters. The Hall–Kier alpha value is -6.64. The van der Waals surface area contributed by atoms with Gasteiger partial charge in [-0.25, -0.2) is 4.79 Å². The number of benzene rings is 1. The fourth-order valence-corrected chi connectivity index (χ4v) is 5.67. The first-order valence-corrected chi connectivity index (χ1v) is 20.1. The van der Waals surface area contributed by atoms with E-state index in [9.17, 15) is 68.7 Å². The molecule has 20 N–H and O–H groups in total. The Bertz CT molecular complexity index is 1790. The minimum Gasteiger partial charge on any atom is -0.508 e.